The monoisotopic (exact) mass is 746 g/mol. The molecular weight excluding hydrogens is 697 g/mol. The average Bonchev–Trinajstić information content (AvgIpc) is 3.80. The summed E-state index contributed by atoms with van der Waals surface area (Å²) in [5.74, 6) is 0.778. The van der Waals surface area contributed by atoms with Crippen LogP contribution in [0.1, 0.15) is 74.7 Å². The van der Waals surface area contributed by atoms with Gasteiger partial charge in [-0.3, -0.25) is 14.6 Å². The summed E-state index contributed by atoms with van der Waals surface area (Å²) in [6.07, 6.45) is 3.86. The number of aromatic amines is 1. The normalized spacial score (nSPS) is 17.1. The third-order valence-corrected chi connectivity index (χ3v) is 11.3. The van der Waals surface area contributed by atoms with E-state index in [9.17, 15) is 18.0 Å². The van der Waals surface area contributed by atoms with Crippen LogP contribution in [-0.4, -0.2) is 88.6 Å². The van der Waals surface area contributed by atoms with E-state index in [0.29, 0.717) is 50.4 Å². The van der Waals surface area contributed by atoms with Crippen molar-refractivity contribution in [3.05, 3.63) is 95.9 Å². The van der Waals surface area contributed by atoms with E-state index in [2.05, 4.69) is 20.2 Å². The number of amides is 2. The summed E-state index contributed by atoms with van der Waals surface area (Å²) in [7, 11) is -3.15. The van der Waals surface area contributed by atoms with Crippen LogP contribution < -0.4 is 5.32 Å². The third-order valence-electron chi connectivity index (χ3n) is 9.27. The zero-order valence-electron chi connectivity index (χ0n) is 30.4. The molecule has 6 rings (SSSR count). The molecule has 2 saturated heterocycles. The molecule has 0 radical (unpaired) electrons. The van der Waals surface area contributed by atoms with Gasteiger partial charge in [-0.2, -0.15) is 17.8 Å². The van der Waals surface area contributed by atoms with Crippen molar-refractivity contribution in [2.24, 2.45) is 0 Å². The molecule has 1 atom stereocenters. The molecule has 3 aromatic carbocycles. The van der Waals surface area contributed by atoms with Gasteiger partial charge in [0, 0.05) is 50.5 Å². The molecule has 13 heteroatoms. The number of carbonyl (C=O) groups is 2. The van der Waals surface area contributed by atoms with Gasteiger partial charge in [-0.15, -0.1) is 0 Å². The first-order chi connectivity index (χ1) is 24.4. The highest BCUT2D eigenvalue weighted by atomic mass is 32.2. The highest BCUT2D eigenvalue weighted by Crippen LogP contribution is 2.33. The maximum atomic E-state index is 13.0. The SMILES string of the molecule is CCCS(=O)(=O)N1CCN(Cc2ccc(NC(=O)c3ccc(-c4ccc(-c5cnc([C@@H]6CCCN6C(=O)OC(C)(C)C)[nH]5)cc4)cc3)cc2)CC1.S. The summed E-state index contributed by atoms with van der Waals surface area (Å²) in [5.41, 5.74) is 5.73. The molecule has 2 aliphatic heterocycles. The van der Waals surface area contributed by atoms with Crippen LogP contribution >= 0.6 is 13.5 Å². The van der Waals surface area contributed by atoms with Crippen LogP contribution in [0.4, 0.5) is 10.5 Å². The van der Waals surface area contributed by atoms with Crippen LogP contribution in [0, 0.1) is 0 Å². The number of ether oxygens (including phenoxy) is 1. The fourth-order valence-electron chi connectivity index (χ4n) is 6.61. The molecule has 0 unspecified atom stereocenters. The van der Waals surface area contributed by atoms with E-state index in [1.165, 1.54) is 0 Å². The summed E-state index contributed by atoms with van der Waals surface area (Å²) in [4.78, 5) is 37.9. The number of anilines is 1. The third kappa shape index (κ3) is 9.62. The maximum Gasteiger partial charge on any atom is 0.410 e. The molecule has 4 aromatic rings. The van der Waals surface area contributed by atoms with Gasteiger partial charge in [0.05, 0.1) is 23.7 Å². The summed E-state index contributed by atoms with van der Waals surface area (Å²) < 4.78 is 31.9. The molecule has 1 aromatic heterocycles. The Bertz CT molecular complexity index is 1920. The zero-order valence-corrected chi connectivity index (χ0v) is 32.2. The number of carbonyl (C=O) groups excluding carboxylic acids is 2. The molecule has 2 aliphatic rings. The van der Waals surface area contributed by atoms with E-state index >= 15 is 0 Å². The first kappa shape index (κ1) is 39.0. The molecule has 11 nitrogen and oxygen atoms in total. The number of benzene rings is 3. The minimum absolute atomic E-state index is 0. The first-order valence-corrected chi connectivity index (χ1v) is 19.4. The van der Waals surface area contributed by atoms with Crippen LogP contribution in [0.5, 0.6) is 0 Å². The Morgan fingerprint density at radius 1 is 0.885 bits per heavy atom. The van der Waals surface area contributed by atoms with Crippen molar-refractivity contribution in [1.82, 2.24) is 24.1 Å². The summed E-state index contributed by atoms with van der Waals surface area (Å²) in [6, 6.07) is 23.4. The predicted octanol–water partition coefficient (Wildman–Crippen LogP) is 7.04. The molecule has 52 heavy (non-hydrogen) atoms. The van der Waals surface area contributed by atoms with Gasteiger partial charge in [-0.25, -0.2) is 18.2 Å². The summed E-state index contributed by atoms with van der Waals surface area (Å²) in [6.45, 7) is 11.3. The van der Waals surface area contributed by atoms with E-state index in [0.717, 1.165) is 53.2 Å². The Morgan fingerprint density at radius 3 is 2.12 bits per heavy atom. The number of nitrogens with zero attached hydrogens (tertiary/aromatic N) is 4. The fraction of sp³-hybridized carbons (Fsp3) is 0.410. The number of likely N-dealkylation sites (tertiary alicyclic amines) is 1. The lowest BCUT2D eigenvalue weighted by Crippen LogP contribution is -2.48. The smallest absolute Gasteiger partial charge is 0.410 e. The van der Waals surface area contributed by atoms with Crippen molar-refractivity contribution in [2.45, 2.75) is 65.1 Å². The highest BCUT2D eigenvalue weighted by molar-refractivity contribution is 7.89. The predicted molar refractivity (Wildman–Crippen MR) is 210 cm³/mol. The largest absolute Gasteiger partial charge is 0.444 e. The van der Waals surface area contributed by atoms with Crippen LogP contribution in [0.2, 0.25) is 0 Å². The molecule has 2 amide bonds. The lowest BCUT2D eigenvalue weighted by atomic mass is 10.0. The van der Waals surface area contributed by atoms with Crippen molar-refractivity contribution in [3.8, 4) is 22.4 Å². The van der Waals surface area contributed by atoms with Crippen molar-refractivity contribution in [2.75, 3.05) is 43.8 Å². The number of imidazole rings is 1. The standard InChI is InChI=1S/C39H48N6O5S.H2S/c1-5-25-51(48,49)44-23-21-43(22-24-44)27-28-8-18-33(19-9-28)41-37(46)32-16-12-30(13-17-32)29-10-14-31(15-11-29)34-26-40-36(42-34)35-7-6-20-45(35)38(47)50-39(2,3)4;/h8-19,26,35H,5-7,20-25,27H2,1-4H3,(H,40,42)(H,41,46);1H2/t35-;/m0./s1. The van der Waals surface area contributed by atoms with Gasteiger partial charge >= 0.3 is 6.09 Å². The minimum Gasteiger partial charge on any atom is -0.444 e. The molecule has 0 spiro atoms. The van der Waals surface area contributed by atoms with E-state index in [4.69, 9.17) is 4.74 Å². The van der Waals surface area contributed by atoms with Crippen LogP contribution in [0.3, 0.4) is 0 Å². The van der Waals surface area contributed by atoms with E-state index in [1.54, 1.807) is 9.21 Å². The van der Waals surface area contributed by atoms with Crippen molar-refractivity contribution >= 4 is 41.2 Å². The second kappa shape index (κ2) is 16.7. The average molecular weight is 747 g/mol. The topological polar surface area (TPSA) is 128 Å². The van der Waals surface area contributed by atoms with Gasteiger partial charge in [0.15, 0.2) is 0 Å². The van der Waals surface area contributed by atoms with Crippen LogP contribution in [-0.2, 0) is 21.3 Å². The van der Waals surface area contributed by atoms with Crippen molar-refractivity contribution < 1.29 is 22.7 Å². The number of sulfonamides is 1. The van der Waals surface area contributed by atoms with Crippen LogP contribution in [0.25, 0.3) is 22.4 Å². The molecule has 0 saturated carbocycles. The van der Waals surface area contributed by atoms with Crippen molar-refractivity contribution in [3.63, 3.8) is 0 Å². The minimum atomic E-state index is -3.15. The number of H-pyrrole nitrogens is 1. The zero-order chi connectivity index (χ0) is 36.2. The van der Waals surface area contributed by atoms with Crippen LogP contribution in [0.15, 0.2) is 79.0 Å². The second-order valence-electron chi connectivity index (χ2n) is 14.3. The van der Waals surface area contributed by atoms with Gasteiger partial charge in [-0.1, -0.05) is 55.5 Å². The Hall–Kier alpha value is -4.17. The highest BCUT2D eigenvalue weighted by Gasteiger charge is 2.35. The molecule has 0 aliphatic carbocycles. The van der Waals surface area contributed by atoms with Gasteiger partial charge < -0.3 is 15.0 Å². The lowest BCUT2D eigenvalue weighted by molar-refractivity contribution is 0.0218. The molecule has 2 fully saturated rings. The number of nitrogens with one attached hydrogen (secondary N) is 2. The van der Waals surface area contributed by atoms with Gasteiger partial charge in [0.2, 0.25) is 10.0 Å². The molecular formula is C39H50N6O5S2. The number of hydrogen-bond acceptors (Lipinski definition) is 7. The fourth-order valence-corrected chi connectivity index (χ4v) is 8.10. The molecule has 0 bridgehead atoms. The van der Waals surface area contributed by atoms with Gasteiger partial charge in [-0.05, 0) is 86.6 Å². The molecule has 2 N–H and O–H groups in total. The number of rotatable bonds is 10. The van der Waals surface area contributed by atoms with Gasteiger partial charge in [0.25, 0.3) is 5.91 Å². The second-order valence-corrected chi connectivity index (χ2v) is 16.4. The van der Waals surface area contributed by atoms with Crippen molar-refractivity contribution in [1.29, 1.82) is 0 Å². The maximum absolute atomic E-state index is 13.0. The summed E-state index contributed by atoms with van der Waals surface area (Å²) in [5, 5.41) is 2.99. The number of aromatic nitrogens is 2. The first-order valence-electron chi connectivity index (χ1n) is 17.7. The Labute approximate surface area is 314 Å². The molecule has 3 heterocycles. The quantitative estimate of drug-likeness (QED) is 0.178. The Kier molecular flexibility index (Phi) is 12.5. The Morgan fingerprint density at radius 2 is 1.50 bits per heavy atom. The van der Waals surface area contributed by atoms with E-state index in [-0.39, 0.29) is 37.3 Å². The number of hydrogen-bond donors (Lipinski definition) is 2. The Balaban J connectivity index is 0.00000523. The molecule has 278 valence electrons. The van der Waals surface area contributed by atoms with E-state index < -0.39 is 15.6 Å². The lowest BCUT2D eigenvalue weighted by Gasteiger charge is -2.34. The van der Waals surface area contributed by atoms with Gasteiger partial charge in [0.1, 0.15) is 11.4 Å². The van der Waals surface area contributed by atoms with E-state index in [1.807, 2.05) is 107 Å². The summed E-state index contributed by atoms with van der Waals surface area (Å²) >= 11 is 0. The number of piperazine rings is 1.